The summed E-state index contributed by atoms with van der Waals surface area (Å²) in [6.07, 6.45) is 8.97. The topological polar surface area (TPSA) is 37.8 Å². The van der Waals surface area contributed by atoms with E-state index >= 15 is 0 Å². The summed E-state index contributed by atoms with van der Waals surface area (Å²) in [5.74, 6) is 1.06. The molecule has 1 aliphatic rings. The summed E-state index contributed by atoms with van der Waals surface area (Å²) in [4.78, 5) is 11.7. The van der Waals surface area contributed by atoms with Crippen LogP contribution in [0, 0.1) is 0 Å². The zero-order valence-electron chi connectivity index (χ0n) is 11.7. The first-order chi connectivity index (χ1) is 9.33. The van der Waals surface area contributed by atoms with E-state index in [1.165, 1.54) is 47.9 Å². The minimum absolute atomic E-state index is 0.528. The molecule has 2 aromatic rings. The zero-order chi connectivity index (χ0) is 13.2. The Morgan fingerprint density at radius 3 is 3.00 bits per heavy atom. The van der Waals surface area contributed by atoms with Gasteiger partial charge in [-0.3, -0.25) is 0 Å². The Balaban J connectivity index is 1.98. The lowest BCUT2D eigenvalue weighted by atomic mass is 10.1. The lowest BCUT2D eigenvalue weighted by Crippen LogP contribution is -2.19. The summed E-state index contributed by atoms with van der Waals surface area (Å²) in [6, 6.07) is 0.528. The first-order valence-corrected chi connectivity index (χ1v) is 8.16. The summed E-state index contributed by atoms with van der Waals surface area (Å²) in [5.41, 5.74) is 1.51. The van der Waals surface area contributed by atoms with Crippen molar-refractivity contribution in [2.45, 2.75) is 58.4 Å². The van der Waals surface area contributed by atoms with Gasteiger partial charge >= 0.3 is 0 Å². The minimum Gasteiger partial charge on any atom is -0.367 e. The van der Waals surface area contributed by atoms with Crippen LogP contribution in [-0.4, -0.2) is 16.0 Å². The van der Waals surface area contributed by atoms with Gasteiger partial charge in [0.1, 0.15) is 17.0 Å². The number of thiophene rings is 1. The first kappa shape index (κ1) is 12.9. The molecule has 2 aromatic heterocycles. The van der Waals surface area contributed by atoms with E-state index in [0.717, 1.165) is 17.1 Å². The maximum atomic E-state index is 4.51. The van der Waals surface area contributed by atoms with Gasteiger partial charge in [0, 0.05) is 10.9 Å². The van der Waals surface area contributed by atoms with E-state index in [9.17, 15) is 0 Å². The fourth-order valence-corrected chi connectivity index (χ4v) is 4.19. The Bertz CT molecular complexity index is 576. The van der Waals surface area contributed by atoms with Crippen LogP contribution in [0.5, 0.6) is 0 Å². The summed E-state index contributed by atoms with van der Waals surface area (Å²) >= 11 is 1.86. The van der Waals surface area contributed by atoms with Crippen LogP contribution in [0.4, 0.5) is 5.82 Å². The smallest absolute Gasteiger partial charge is 0.138 e. The van der Waals surface area contributed by atoms with Crippen LogP contribution in [-0.2, 0) is 12.8 Å². The molecule has 0 saturated carbocycles. The average molecular weight is 275 g/mol. The molecule has 3 rings (SSSR count). The summed E-state index contributed by atoms with van der Waals surface area (Å²) in [7, 11) is 0. The van der Waals surface area contributed by atoms with Crippen molar-refractivity contribution in [1.82, 2.24) is 9.97 Å². The average Bonchev–Trinajstić information content (AvgIpc) is 2.98. The van der Waals surface area contributed by atoms with Crippen LogP contribution in [0.25, 0.3) is 10.2 Å². The highest BCUT2D eigenvalue weighted by Gasteiger charge is 2.21. The van der Waals surface area contributed by atoms with Crippen LogP contribution < -0.4 is 5.32 Å². The molecule has 0 saturated heterocycles. The summed E-state index contributed by atoms with van der Waals surface area (Å²) < 4.78 is 0. The van der Waals surface area contributed by atoms with Gasteiger partial charge in [0.05, 0.1) is 5.39 Å². The largest absolute Gasteiger partial charge is 0.367 e. The van der Waals surface area contributed by atoms with Crippen molar-refractivity contribution < 1.29 is 0 Å². The highest BCUT2D eigenvalue weighted by molar-refractivity contribution is 7.19. The number of aryl methyl sites for hydroxylation is 2. The highest BCUT2D eigenvalue weighted by atomic mass is 32.1. The molecule has 0 aliphatic heterocycles. The highest BCUT2D eigenvalue weighted by Crippen LogP contribution is 2.39. The molecule has 0 radical (unpaired) electrons. The molecule has 19 heavy (non-hydrogen) atoms. The number of hydrogen-bond donors (Lipinski definition) is 1. The van der Waals surface area contributed by atoms with E-state index in [0.29, 0.717) is 6.04 Å². The van der Waals surface area contributed by atoms with Gasteiger partial charge < -0.3 is 5.32 Å². The van der Waals surface area contributed by atoms with Crippen molar-refractivity contribution in [1.29, 1.82) is 0 Å². The molecule has 1 atom stereocenters. The van der Waals surface area contributed by atoms with Crippen LogP contribution in [0.3, 0.4) is 0 Å². The maximum absolute atomic E-state index is 4.51. The molecule has 0 bridgehead atoms. The van der Waals surface area contributed by atoms with Gasteiger partial charge in [-0.25, -0.2) is 9.97 Å². The second kappa shape index (κ2) is 5.45. The molecular weight excluding hydrogens is 254 g/mol. The van der Waals surface area contributed by atoms with Crippen molar-refractivity contribution in [2.24, 2.45) is 0 Å². The van der Waals surface area contributed by atoms with E-state index in [2.05, 4.69) is 29.1 Å². The van der Waals surface area contributed by atoms with E-state index in [-0.39, 0.29) is 0 Å². The van der Waals surface area contributed by atoms with Crippen molar-refractivity contribution in [3.05, 3.63) is 16.8 Å². The number of fused-ring (bicyclic) bond motifs is 3. The molecule has 0 fully saturated rings. The molecule has 3 nitrogen and oxygen atoms in total. The normalized spacial score (nSPS) is 15.7. The summed E-state index contributed by atoms with van der Waals surface area (Å²) in [5, 5.41) is 4.94. The van der Waals surface area contributed by atoms with Gasteiger partial charge in [0.2, 0.25) is 0 Å². The van der Waals surface area contributed by atoms with Crippen LogP contribution >= 0.6 is 11.3 Å². The lowest BCUT2D eigenvalue weighted by Gasteiger charge is -2.17. The van der Waals surface area contributed by atoms with E-state index in [1.807, 2.05) is 11.3 Å². The number of aromatic nitrogens is 2. The SMILES string of the molecule is CCCC(CC)Nc1ncnc2sc3c(c12)CCC3. The molecule has 1 aliphatic carbocycles. The molecule has 1 unspecified atom stereocenters. The Morgan fingerprint density at radius 2 is 2.21 bits per heavy atom. The second-order valence-corrected chi connectivity index (χ2v) is 6.38. The first-order valence-electron chi connectivity index (χ1n) is 7.35. The lowest BCUT2D eigenvalue weighted by molar-refractivity contribution is 0.621. The van der Waals surface area contributed by atoms with Gasteiger partial charge in [0.15, 0.2) is 0 Å². The van der Waals surface area contributed by atoms with Gasteiger partial charge in [0.25, 0.3) is 0 Å². The molecule has 0 amide bonds. The van der Waals surface area contributed by atoms with Gasteiger partial charge in [-0.1, -0.05) is 20.3 Å². The fraction of sp³-hybridized carbons (Fsp3) is 0.600. The van der Waals surface area contributed by atoms with E-state index < -0.39 is 0 Å². The van der Waals surface area contributed by atoms with Gasteiger partial charge in [-0.05, 0) is 37.7 Å². The van der Waals surface area contributed by atoms with E-state index in [4.69, 9.17) is 0 Å². The van der Waals surface area contributed by atoms with Crippen LogP contribution in [0.1, 0.15) is 50.0 Å². The Labute approximate surface area is 118 Å². The Morgan fingerprint density at radius 1 is 1.32 bits per heavy atom. The standard InChI is InChI=1S/C15H21N3S/c1-3-6-10(4-2)18-14-13-11-7-5-8-12(11)19-15(13)17-9-16-14/h9-10H,3-8H2,1-2H3,(H,16,17,18). The predicted octanol–water partition coefficient (Wildman–Crippen LogP) is 4.17. The van der Waals surface area contributed by atoms with Crippen molar-refractivity contribution in [3.63, 3.8) is 0 Å². The molecule has 1 N–H and O–H groups in total. The maximum Gasteiger partial charge on any atom is 0.138 e. The number of anilines is 1. The van der Waals surface area contributed by atoms with Gasteiger partial charge in [-0.15, -0.1) is 11.3 Å². The number of nitrogens with zero attached hydrogens (tertiary/aromatic N) is 2. The van der Waals surface area contributed by atoms with Gasteiger partial charge in [-0.2, -0.15) is 0 Å². The molecule has 4 heteroatoms. The number of hydrogen-bond acceptors (Lipinski definition) is 4. The number of rotatable bonds is 5. The zero-order valence-corrected chi connectivity index (χ0v) is 12.5. The Hall–Kier alpha value is -1.16. The van der Waals surface area contributed by atoms with Crippen LogP contribution in [0.15, 0.2) is 6.33 Å². The third kappa shape index (κ3) is 2.34. The second-order valence-electron chi connectivity index (χ2n) is 5.30. The molecular formula is C15H21N3S. The third-order valence-electron chi connectivity index (χ3n) is 3.97. The Kier molecular flexibility index (Phi) is 3.69. The third-order valence-corrected chi connectivity index (χ3v) is 5.17. The summed E-state index contributed by atoms with van der Waals surface area (Å²) in [6.45, 7) is 4.48. The number of nitrogens with one attached hydrogen (secondary N) is 1. The molecule has 0 spiro atoms. The molecule has 102 valence electrons. The predicted molar refractivity (Wildman–Crippen MR) is 82.0 cm³/mol. The van der Waals surface area contributed by atoms with Crippen molar-refractivity contribution >= 4 is 27.4 Å². The minimum atomic E-state index is 0.528. The monoisotopic (exact) mass is 275 g/mol. The molecule has 2 heterocycles. The van der Waals surface area contributed by atoms with E-state index in [1.54, 1.807) is 6.33 Å². The van der Waals surface area contributed by atoms with Crippen molar-refractivity contribution in [3.8, 4) is 0 Å². The van der Waals surface area contributed by atoms with Crippen LogP contribution in [0.2, 0.25) is 0 Å². The fourth-order valence-electron chi connectivity index (χ4n) is 2.96. The quantitative estimate of drug-likeness (QED) is 0.890. The van der Waals surface area contributed by atoms with Crippen molar-refractivity contribution in [2.75, 3.05) is 5.32 Å². The molecule has 0 aromatic carbocycles.